The average molecular weight is 428 g/mol. The number of esters is 1. The second-order valence-electron chi connectivity index (χ2n) is 8.00. The van der Waals surface area contributed by atoms with Crippen LogP contribution in [0.2, 0.25) is 0 Å². The lowest BCUT2D eigenvalue weighted by Gasteiger charge is -2.12. The number of ketones is 1. The van der Waals surface area contributed by atoms with Crippen LogP contribution in [0.1, 0.15) is 44.0 Å². The highest BCUT2D eigenvalue weighted by Gasteiger charge is 2.20. The third-order valence-electron chi connectivity index (χ3n) is 5.62. The van der Waals surface area contributed by atoms with Crippen LogP contribution in [-0.4, -0.2) is 28.8 Å². The number of rotatable bonds is 7. The molecule has 6 nitrogen and oxygen atoms in total. The Kier molecular flexibility index (Phi) is 6.12. The first-order chi connectivity index (χ1) is 15.4. The first kappa shape index (κ1) is 21.4. The topological polar surface area (TPSA) is 81.2 Å². The van der Waals surface area contributed by atoms with Crippen LogP contribution >= 0.6 is 0 Å². The molecular formula is C26H25N3O3. The summed E-state index contributed by atoms with van der Waals surface area (Å²) in [6, 6.07) is 11.7. The molecule has 0 bridgehead atoms. The molecule has 2 aromatic heterocycles. The normalized spacial score (nSPS) is 12.2. The molecule has 0 spiro atoms. The van der Waals surface area contributed by atoms with E-state index < -0.39 is 0 Å². The fraction of sp³-hybridized carbons (Fsp3) is 0.231. The number of Topliss-reactive ketones (excluding diaryl/α,β-unsaturated/α-hetero) is 1. The number of pyridine rings is 2. The minimum Gasteiger partial charge on any atom is -0.466 e. The number of methoxy groups -OCH3 is 1. The molecule has 0 amide bonds. The van der Waals surface area contributed by atoms with E-state index in [1.807, 2.05) is 37.3 Å². The summed E-state index contributed by atoms with van der Waals surface area (Å²) in [4.78, 5) is 33.1. The maximum absolute atomic E-state index is 12.7. The van der Waals surface area contributed by atoms with Gasteiger partial charge in [0.2, 0.25) is 0 Å². The number of aryl methyl sites for hydroxylation is 2. The summed E-state index contributed by atoms with van der Waals surface area (Å²) < 4.78 is 4.81. The Morgan fingerprint density at radius 3 is 2.72 bits per heavy atom. The Balaban J connectivity index is 1.45. The molecule has 4 rings (SSSR count). The Labute approximate surface area is 187 Å². The molecule has 1 aliphatic rings. The highest BCUT2D eigenvalue weighted by Crippen LogP contribution is 2.26. The average Bonchev–Trinajstić information content (AvgIpc) is 3.22. The van der Waals surface area contributed by atoms with Gasteiger partial charge in [-0.05, 0) is 60.4 Å². The van der Waals surface area contributed by atoms with Crippen LogP contribution < -0.4 is 5.32 Å². The summed E-state index contributed by atoms with van der Waals surface area (Å²) in [5.41, 5.74) is 8.05. The zero-order chi connectivity index (χ0) is 22.7. The van der Waals surface area contributed by atoms with E-state index in [-0.39, 0.29) is 11.8 Å². The van der Waals surface area contributed by atoms with Crippen LogP contribution in [0, 0.1) is 13.8 Å². The standard InChI is InChI=1S/C26H25N3O3/c1-16-4-5-18(10-25(30)19-6-7-27-17(2)8-19)9-22(16)14-28-23-12-20-11-21(26(31)32-3)13-24(20)29-15-23/h4-9,11-12,15,28H,10,13-14H2,1-3H3. The maximum atomic E-state index is 12.7. The molecule has 0 saturated carbocycles. The van der Waals surface area contributed by atoms with Gasteiger partial charge in [0.1, 0.15) is 0 Å². The summed E-state index contributed by atoms with van der Waals surface area (Å²) >= 11 is 0. The molecule has 162 valence electrons. The van der Waals surface area contributed by atoms with Gasteiger partial charge in [0.25, 0.3) is 0 Å². The number of hydrogen-bond donors (Lipinski definition) is 1. The van der Waals surface area contributed by atoms with Crippen molar-refractivity contribution in [2.24, 2.45) is 0 Å². The quantitative estimate of drug-likeness (QED) is 0.449. The lowest BCUT2D eigenvalue weighted by molar-refractivity contribution is -0.136. The van der Waals surface area contributed by atoms with E-state index in [2.05, 4.69) is 28.3 Å². The second-order valence-corrected chi connectivity index (χ2v) is 8.00. The summed E-state index contributed by atoms with van der Waals surface area (Å²) in [7, 11) is 1.38. The minimum atomic E-state index is -0.318. The molecule has 6 heteroatoms. The number of anilines is 1. The molecule has 0 aliphatic heterocycles. The molecule has 1 aromatic carbocycles. The third-order valence-corrected chi connectivity index (χ3v) is 5.62. The number of hydrogen-bond acceptors (Lipinski definition) is 6. The molecule has 1 N–H and O–H groups in total. The van der Waals surface area contributed by atoms with Gasteiger partial charge in [-0.25, -0.2) is 4.79 Å². The van der Waals surface area contributed by atoms with E-state index >= 15 is 0 Å². The first-order valence-corrected chi connectivity index (χ1v) is 10.5. The monoisotopic (exact) mass is 427 g/mol. The maximum Gasteiger partial charge on any atom is 0.334 e. The van der Waals surface area contributed by atoms with Gasteiger partial charge >= 0.3 is 5.97 Å². The lowest BCUT2D eigenvalue weighted by Crippen LogP contribution is -2.07. The molecule has 0 fully saturated rings. The number of aromatic nitrogens is 2. The van der Waals surface area contributed by atoms with Crippen molar-refractivity contribution in [3.05, 3.63) is 93.6 Å². The molecule has 2 heterocycles. The largest absolute Gasteiger partial charge is 0.466 e. The van der Waals surface area contributed by atoms with Gasteiger partial charge in [-0.1, -0.05) is 18.2 Å². The van der Waals surface area contributed by atoms with Gasteiger partial charge in [0.05, 0.1) is 24.7 Å². The Bertz CT molecular complexity index is 1230. The SMILES string of the molecule is COC(=O)C1=Cc2cc(NCc3cc(CC(=O)c4ccnc(C)c4)ccc3C)cnc2C1. The molecule has 0 radical (unpaired) electrons. The van der Waals surface area contributed by atoms with Gasteiger partial charge in [-0.15, -0.1) is 0 Å². The van der Waals surface area contributed by atoms with Crippen LogP contribution in [-0.2, 0) is 28.9 Å². The molecular weight excluding hydrogens is 402 g/mol. The van der Waals surface area contributed by atoms with Crippen LogP contribution in [0.3, 0.4) is 0 Å². The predicted octanol–water partition coefficient (Wildman–Crippen LogP) is 4.24. The van der Waals surface area contributed by atoms with Crippen LogP contribution in [0.25, 0.3) is 6.08 Å². The van der Waals surface area contributed by atoms with Crippen molar-refractivity contribution in [2.75, 3.05) is 12.4 Å². The van der Waals surface area contributed by atoms with E-state index in [9.17, 15) is 9.59 Å². The van der Waals surface area contributed by atoms with Gasteiger partial charge < -0.3 is 10.1 Å². The van der Waals surface area contributed by atoms with Gasteiger partial charge in [0, 0.05) is 42.4 Å². The summed E-state index contributed by atoms with van der Waals surface area (Å²) in [6.45, 7) is 4.55. The lowest BCUT2D eigenvalue weighted by atomic mass is 9.99. The number of carbonyl (C=O) groups is 2. The smallest absolute Gasteiger partial charge is 0.334 e. The highest BCUT2D eigenvalue weighted by molar-refractivity contribution is 5.97. The van der Waals surface area contributed by atoms with Crippen molar-refractivity contribution >= 4 is 23.5 Å². The molecule has 0 atom stereocenters. The number of benzene rings is 1. The zero-order valence-electron chi connectivity index (χ0n) is 18.4. The number of carbonyl (C=O) groups excluding carboxylic acids is 2. The van der Waals surface area contributed by atoms with Crippen LogP contribution in [0.4, 0.5) is 5.69 Å². The van der Waals surface area contributed by atoms with Gasteiger partial charge in [0.15, 0.2) is 5.78 Å². The fourth-order valence-corrected chi connectivity index (χ4v) is 3.79. The van der Waals surface area contributed by atoms with Crippen molar-refractivity contribution < 1.29 is 14.3 Å². The first-order valence-electron chi connectivity index (χ1n) is 10.5. The van der Waals surface area contributed by atoms with Crippen molar-refractivity contribution in [1.29, 1.82) is 0 Å². The fourth-order valence-electron chi connectivity index (χ4n) is 3.79. The molecule has 32 heavy (non-hydrogen) atoms. The van der Waals surface area contributed by atoms with Crippen molar-refractivity contribution in [1.82, 2.24) is 9.97 Å². The number of ether oxygens (including phenoxy) is 1. The summed E-state index contributed by atoms with van der Waals surface area (Å²) in [6.07, 6.45) is 6.12. The molecule has 1 aliphatic carbocycles. The second kappa shape index (κ2) is 9.14. The van der Waals surface area contributed by atoms with E-state index in [0.29, 0.717) is 30.5 Å². The third kappa shape index (κ3) is 4.75. The highest BCUT2D eigenvalue weighted by atomic mass is 16.5. The van der Waals surface area contributed by atoms with Crippen molar-refractivity contribution in [3.8, 4) is 0 Å². The number of nitrogens with one attached hydrogen (secondary N) is 1. The predicted molar refractivity (Wildman–Crippen MR) is 123 cm³/mol. The Hall–Kier alpha value is -3.80. The van der Waals surface area contributed by atoms with Crippen LogP contribution in [0.5, 0.6) is 0 Å². The zero-order valence-corrected chi connectivity index (χ0v) is 18.4. The summed E-state index contributed by atoms with van der Waals surface area (Å²) in [5, 5.41) is 3.41. The van der Waals surface area contributed by atoms with E-state index in [1.54, 1.807) is 18.5 Å². The van der Waals surface area contributed by atoms with Crippen molar-refractivity contribution in [3.63, 3.8) is 0 Å². The number of fused-ring (bicyclic) bond motifs is 1. The van der Waals surface area contributed by atoms with E-state index in [4.69, 9.17) is 4.74 Å². The molecule has 0 saturated heterocycles. The Morgan fingerprint density at radius 2 is 1.94 bits per heavy atom. The molecule has 0 unspecified atom stereocenters. The molecule has 3 aromatic rings. The van der Waals surface area contributed by atoms with E-state index in [0.717, 1.165) is 39.3 Å². The number of nitrogens with zero attached hydrogens (tertiary/aromatic N) is 2. The van der Waals surface area contributed by atoms with Crippen LogP contribution in [0.15, 0.2) is 54.4 Å². The Morgan fingerprint density at radius 1 is 1.09 bits per heavy atom. The van der Waals surface area contributed by atoms with Crippen molar-refractivity contribution in [2.45, 2.75) is 33.2 Å². The summed E-state index contributed by atoms with van der Waals surface area (Å²) in [5.74, 6) is -0.240. The van der Waals surface area contributed by atoms with E-state index in [1.165, 1.54) is 7.11 Å². The van der Waals surface area contributed by atoms with Gasteiger partial charge in [-0.2, -0.15) is 0 Å². The minimum absolute atomic E-state index is 0.0780. The van der Waals surface area contributed by atoms with Gasteiger partial charge in [-0.3, -0.25) is 14.8 Å².